The van der Waals surface area contributed by atoms with Gasteiger partial charge in [-0.05, 0) is 35.8 Å². The Hall–Kier alpha value is -4.14. The van der Waals surface area contributed by atoms with Gasteiger partial charge >= 0.3 is 12.4 Å². The SMILES string of the molecule is C[C@H](C(F)(F)F)C1([C@H](C)C(F)(F)F)C=C(c2n[nH]c3nc(N4CCC5(CC4)Cc4ccccc4[C@H]5N)[nH]c(=O)c23)c2cn[nH]c2C1. The zero-order valence-corrected chi connectivity index (χ0v) is 25.0. The number of H-pyrrole nitrogens is 3. The maximum absolute atomic E-state index is 14.2. The van der Waals surface area contributed by atoms with Crippen molar-refractivity contribution in [3.63, 3.8) is 0 Å². The summed E-state index contributed by atoms with van der Waals surface area (Å²) in [4.78, 5) is 22.9. The lowest BCUT2D eigenvalue weighted by molar-refractivity contribution is -0.244. The molecule has 0 saturated carbocycles. The number of benzene rings is 1. The topological polar surface area (TPSA) is 132 Å². The fourth-order valence-corrected chi connectivity index (χ4v) is 7.86. The van der Waals surface area contributed by atoms with E-state index >= 15 is 0 Å². The van der Waals surface area contributed by atoms with E-state index in [4.69, 9.17) is 5.73 Å². The molecule has 7 rings (SSSR count). The zero-order chi connectivity index (χ0) is 32.8. The van der Waals surface area contributed by atoms with Crippen LogP contribution >= 0.6 is 0 Å². The predicted molar refractivity (Wildman–Crippen MR) is 158 cm³/mol. The first-order chi connectivity index (χ1) is 21.6. The molecule has 46 heavy (non-hydrogen) atoms. The maximum atomic E-state index is 14.2. The summed E-state index contributed by atoms with van der Waals surface area (Å²) in [5, 5.41) is 13.4. The first-order valence-electron chi connectivity index (χ1n) is 15.1. The molecular weight excluding hydrogens is 614 g/mol. The van der Waals surface area contributed by atoms with E-state index in [0.29, 0.717) is 19.0 Å². The number of piperidine rings is 1. The molecule has 0 amide bonds. The normalized spacial score (nSPS) is 24.2. The van der Waals surface area contributed by atoms with Crippen molar-refractivity contribution in [3.05, 3.63) is 75.0 Å². The highest BCUT2D eigenvalue weighted by Crippen LogP contribution is 2.56. The number of aromatic amines is 3. The number of aromatic nitrogens is 6. The van der Waals surface area contributed by atoms with Gasteiger partial charge in [0.25, 0.3) is 5.56 Å². The molecular formula is C31H32F6N8O. The highest BCUT2D eigenvalue weighted by Gasteiger charge is 2.60. The van der Waals surface area contributed by atoms with Gasteiger partial charge in [-0.2, -0.15) is 41.5 Å². The van der Waals surface area contributed by atoms with Crippen LogP contribution in [0.2, 0.25) is 0 Å². The van der Waals surface area contributed by atoms with Crippen molar-refractivity contribution >= 4 is 22.6 Å². The van der Waals surface area contributed by atoms with Crippen LogP contribution in [0.1, 0.15) is 60.8 Å². The molecule has 0 unspecified atom stereocenters. The van der Waals surface area contributed by atoms with Gasteiger partial charge in [0.15, 0.2) is 5.65 Å². The Morgan fingerprint density at radius 2 is 1.67 bits per heavy atom. The molecule has 2 aliphatic carbocycles. The molecule has 9 nitrogen and oxygen atoms in total. The summed E-state index contributed by atoms with van der Waals surface area (Å²) in [5.41, 5.74) is 6.21. The Balaban J connectivity index is 1.25. The molecule has 1 fully saturated rings. The maximum Gasteiger partial charge on any atom is 0.392 e. The van der Waals surface area contributed by atoms with E-state index in [2.05, 4.69) is 42.5 Å². The molecule has 0 bridgehead atoms. The van der Waals surface area contributed by atoms with E-state index in [0.717, 1.165) is 44.7 Å². The van der Waals surface area contributed by atoms with Crippen molar-refractivity contribution in [1.82, 2.24) is 30.4 Å². The minimum atomic E-state index is -4.95. The summed E-state index contributed by atoms with van der Waals surface area (Å²) in [5.74, 6) is -4.49. The third-order valence-electron chi connectivity index (χ3n) is 10.8. The van der Waals surface area contributed by atoms with Crippen molar-refractivity contribution < 1.29 is 26.3 Å². The van der Waals surface area contributed by atoms with Crippen molar-refractivity contribution in [2.45, 2.75) is 57.9 Å². The van der Waals surface area contributed by atoms with E-state index in [9.17, 15) is 31.1 Å². The average Bonchev–Trinajstić information content (AvgIpc) is 3.72. The summed E-state index contributed by atoms with van der Waals surface area (Å²) < 4.78 is 85.2. The number of halogens is 6. The first-order valence-corrected chi connectivity index (χ1v) is 15.1. The van der Waals surface area contributed by atoms with Gasteiger partial charge < -0.3 is 10.6 Å². The van der Waals surface area contributed by atoms with E-state index in [1.54, 1.807) is 0 Å². The second-order valence-electron chi connectivity index (χ2n) is 13.0. The number of allylic oxidation sites excluding steroid dienone is 1. The molecule has 3 atom stereocenters. The summed E-state index contributed by atoms with van der Waals surface area (Å²) >= 11 is 0. The standard InChI is InChI=1S/C31H32F6N8O/c1-15(30(32,33)34)29(16(2)31(35,36)37)12-19(20-14-39-42-21(20)13-29)23-22-25(44-43-23)40-27(41-26(22)46)45-9-7-28(8-10-45)11-17-5-3-4-6-18(17)24(28)38/h3-6,12,14-16,24H,7-11,13,38H2,1-2H3,(H,39,42)(H2,40,41,43,44,46)/t15-,16-,24+/m0/s1. The van der Waals surface area contributed by atoms with Gasteiger partial charge in [0.2, 0.25) is 5.95 Å². The Bertz CT molecular complexity index is 1870. The highest BCUT2D eigenvalue weighted by molar-refractivity contribution is 5.94. The molecule has 0 radical (unpaired) electrons. The van der Waals surface area contributed by atoms with Crippen LogP contribution in [0.25, 0.3) is 16.6 Å². The van der Waals surface area contributed by atoms with E-state index in [1.165, 1.54) is 11.8 Å². The fourth-order valence-electron chi connectivity index (χ4n) is 7.86. The quantitative estimate of drug-likeness (QED) is 0.214. The summed E-state index contributed by atoms with van der Waals surface area (Å²) in [6.07, 6.45) is -5.77. The third kappa shape index (κ3) is 4.56. The van der Waals surface area contributed by atoms with Gasteiger partial charge in [0.1, 0.15) is 11.1 Å². The van der Waals surface area contributed by atoms with Gasteiger partial charge in [0.05, 0.1) is 18.0 Å². The number of hydrogen-bond acceptors (Lipinski definition) is 6. The van der Waals surface area contributed by atoms with Crippen LogP contribution < -0.4 is 16.2 Å². The van der Waals surface area contributed by atoms with Gasteiger partial charge in [-0.1, -0.05) is 44.2 Å². The molecule has 1 aliphatic heterocycles. The molecule has 244 valence electrons. The smallest absolute Gasteiger partial charge is 0.342 e. The van der Waals surface area contributed by atoms with Gasteiger partial charge in [-0.15, -0.1) is 0 Å². The second-order valence-corrected chi connectivity index (χ2v) is 13.0. The lowest BCUT2D eigenvalue weighted by Gasteiger charge is -2.45. The van der Waals surface area contributed by atoms with Crippen LogP contribution in [0.15, 0.2) is 41.3 Å². The van der Waals surface area contributed by atoms with Crippen LogP contribution in [-0.2, 0) is 12.8 Å². The van der Waals surface area contributed by atoms with Crippen LogP contribution in [-0.4, -0.2) is 55.8 Å². The lowest BCUT2D eigenvalue weighted by Crippen LogP contribution is -2.49. The molecule has 3 aromatic heterocycles. The number of nitrogens with one attached hydrogen (secondary N) is 3. The van der Waals surface area contributed by atoms with Crippen LogP contribution in [0, 0.1) is 22.7 Å². The third-order valence-corrected chi connectivity index (χ3v) is 10.8. The van der Waals surface area contributed by atoms with E-state index in [1.807, 2.05) is 17.0 Å². The minimum absolute atomic E-state index is 0.0526. The van der Waals surface area contributed by atoms with Crippen molar-refractivity contribution in [3.8, 4) is 0 Å². The molecule has 4 heterocycles. The number of nitrogens with two attached hydrogens (primary N) is 1. The van der Waals surface area contributed by atoms with E-state index in [-0.39, 0.29) is 45.0 Å². The van der Waals surface area contributed by atoms with Crippen LogP contribution in [0.4, 0.5) is 32.3 Å². The zero-order valence-electron chi connectivity index (χ0n) is 25.0. The van der Waals surface area contributed by atoms with Gasteiger partial charge in [0, 0.05) is 47.8 Å². The minimum Gasteiger partial charge on any atom is -0.342 e. The average molecular weight is 647 g/mol. The lowest BCUT2D eigenvalue weighted by atomic mass is 9.60. The Morgan fingerprint density at radius 3 is 2.33 bits per heavy atom. The fraction of sp³-hybridized carbons (Fsp3) is 0.484. The largest absolute Gasteiger partial charge is 0.392 e. The predicted octanol–water partition coefficient (Wildman–Crippen LogP) is 5.58. The van der Waals surface area contributed by atoms with Crippen LogP contribution in [0.3, 0.4) is 0 Å². The Morgan fingerprint density at radius 1 is 1.00 bits per heavy atom. The molecule has 1 saturated heterocycles. The second kappa shape index (κ2) is 10.2. The molecule has 15 heteroatoms. The molecule has 1 spiro atoms. The summed E-state index contributed by atoms with van der Waals surface area (Å²) in [6, 6.07) is 8.06. The Labute approximate surface area is 258 Å². The first kappa shape index (κ1) is 30.5. The number of nitrogens with zero attached hydrogens (tertiary/aromatic N) is 4. The molecule has 3 aliphatic rings. The summed E-state index contributed by atoms with van der Waals surface area (Å²) in [7, 11) is 0. The van der Waals surface area contributed by atoms with Crippen LogP contribution in [0.5, 0.6) is 0 Å². The van der Waals surface area contributed by atoms with Crippen molar-refractivity contribution in [1.29, 1.82) is 0 Å². The number of rotatable bonds is 4. The number of hydrogen-bond donors (Lipinski definition) is 4. The number of fused-ring (bicyclic) bond motifs is 3. The molecule has 5 N–H and O–H groups in total. The highest BCUT2D eigenvalue weighted by atomic mass is 19.4. The molecule has 4 aromatic rings. The number of anilines is 1. The summed E-state index contributed by atoms with van der Waals surface area (Å²) in [6.45, 7) is 2.66. The van der Waals surface area contributed by atoms with Crippen molar-refractivity contribution in [2.24, 2.45) is 28.4 Å². The Kier molecular flexibility index (Phi) is 6.75. The van der Waals surface area contributed by atoms with E-state index < -0.39 is 41.6 Å². The molecule has 1 aromatic carbocycles. The van der Waals surface area contributed by atoms with Crippen molar-refractivity contribution in [2.75, 3.05) is 18.0 Å². The van der Waals surface area contributed by atoms with Gasteiger partial charge in [-0.3, -0.25) is 20.0 Å². The monoisotopic (exact) mass is 646 g/mol. The number of alkyl halides is 6. The van der Waals surface area contributed by atoms with Gasteiger partial charge in [-0.25, -0.2) is 0 Å².